The molecule has 0 aromatic carbocycles. The van der Waals surface area contributed by atoms with E-state index in [0.717, 1.165) is 6.42 Å². The summed E-state index contributed by atoms with van der Waals surface area (Å²) in [5.41, 5.74) is 1.12. The van der Waals surface area contributed by atoms with Crippen molar-refractivity contribution in [3.05, 3.63) is 23.2 Å². The Morgan fingerprint density at radius 3 is 2.93 bits per heavy atom. The lowest BCUT2D eigenvalue weighted by Crippen LogP contribution is -2.09. The lowest BCUT2D eigenvalue weighted by atomic mass is 9.96. The minimum atomic E-state index is -1.10. The van der Waals surface area contributed by atoms with Crippen molar-refractivity contribution in [2.75, 3.05) is 0 Å². The summed E-state index contributed by atoms with van der Waals surface area (Å²) < 4.78 is 5.11. The number of aryl methyl sites for hydroxylation is 1. The molecule has 1 aliphatic rings. The van der Waals surface area contributed by atoms with Gasteiger partial charge in [-0.2, -0.15) is 0 Å². The zero-order valence-corrected chi connectivity index (χ0v) is 7.36. The van der Waals surface area contributed by atoms with Gasteiger partial charge < -0.3 is 14.7 Å². The molecule has 1 heterocycles. The van der Waals surface area contributed by atoms with Crippen LogP contribution in [0.4, 0.5) is 0 Å². The third kappa shape index (κ3) is 1.26. The lowest BCUT2D eigenvalue weighted by Gasteiger charge is -2.09. The molecule has 0 saturated heterocycles. The number of carbonyl (C=O) groups is 1. The summed E-state index contributed by atoms with van der Waals surface area (Å²) in [7, 11) is 0. The molecule has 0 unspecified atom stereocenters. The van der Waals surface area contributed by atoms with E-state index in [0.29, 0.717) is 29.9 Å². The van der Waals surface area contributed by atoms with E-state index >= 15 is 0 Å². The van der Waals surface area contributed by atoms with Crippen LogP contribution in [0, 0.1) is 0 Å². The number of oxime groups is 1. The Morgan fingerprint density at radius 2 is 2.29 bits per heavy atom. The van der Waals surface area contributed by atoms with E-state index in [9.17, 15) is 4.79 Å². The Labute approximate surface area is 79.6 Å². The summed E-state index contributed by atoms with van der Waals surface area (Å²) in [5, 5.41) is 20.5. The molecule has 0 aliphatic heterocycles. The molecule has 0 bridgehead atoms. The molecule has 0 fully saturated rings. The van der Waals surface area contributed by atoms with E-state index in [4.69, 9.17) is 14.7 Å². The van der Waals surface area contributed by atoms with Crippen molar-refractivity contribution in [3.8, 4) is 0 Å². The van der Waals surface area contributed by atoms with Gasteiger partial charge in [0.15, 0.2) is 0 Å². The Balaban J connectivity index is 2.48. The van der Waals surface area contributed by atoms with Crippen LogP contribution < -0.4 is 0 Å². The van der Waals surface area contributed by atoms with E-state index < -0.39 is 5.97 Å². The number of fused-ring (bicyclic) bond motifs is 1. The van der Waals surface area contributed by atoms with Gasteiger partial charge in [-0.3, -0.25) is 0 Å². The highest BCUT2D eigenvalue weighted by Gasteiger charge is 2.23. The second kappa shape index (κ2) is 3.17. The van der Waals surface area contributed by atoms with Crippen LogP contribution >= 0.6 is 0 Å². The van der Waals surface area contributed by atoms with Crippen LogP contribution in [0.25, 0.3) is 0 Å². The number of nitrogens with zero attached hydrogens (tertiary/aromatic N) is 1. The highest BCUT2D eigenvalue weighted by atomic mass is 16.4. The highest BCUT2D eigenvalue weighted by Crippen LogP contribution is 2.25. The summed E-state index contributed by atoms with van der Waals surface area (Å²) in [6.45, 7) is 0. The van der Waals surface area contributed by atoms with E-state index in [-0.39, 0.29) is 5.76 Å². The highest BCUT2D eigenvalue weighted by molar-refractivity contribution is 6.03. The van der Waals surface area contributed by atoms with E-state index in [1.165, 1.54) is 6.07 Å². The van der Waals surface area contributed by atoms with Crippen molar-refractivity contribution < 1.29 is 19.5 Å². The summed E-state index contributed by atoms with van der Waals surface area (Å²) in [5.74, 6) is -0.601. The van der Waals surface area contributed by atoms with Gasteiger partial charge in [0.2, 0.25) is 5.76 Å². The second-order valence-corrected chi connectivity index (χ2v) is 3.15. The van der Waals surface area contributed by atoms with Crippen molar-refractivity contribution in [2.24, 2.45) is 5.16 Å². The predicted molar refractivity (Wildman–Crippen MR) is 46.9 cm³/mol. The molecule has 5 heteroatoms. The first kappa shape index (κ1) is 8.80. The largest absolute Gasteiger partial charge is 0.475 e. The van der Waals surface area contributed by atoms with Crippen molar-refractivity contribution >= 4 is 11.7 Å². The molecule has 1 aromatic heterocycles. The van der Waals surface area contributed by atoms with Crippen LogP contribution in [-0.4, -0.2) is 22.0 Å². The molecular weight excluding hydrogens is 186 g/mol. The average molecular weight is 195 g/mol. The fourth-order valence-corrected chi connectivity index (χ4v) is 1.62. The average Bonchev–Trinajstić information content (AvgIpc) is 2.60. The quantitative estimate of drug-likeness (QED) is 0.525. The third-order valence-electron chi connectivity index (χ3n) is 2.27. The fourth-order valence-electron chi connectivity index (χ4n) is 1.62. The maximum Gasteiger partial charge on any atom is 0.371 e. The zero-order valence-electron chi connectivity index (χ0n) is 7.36. The van der Waals surface area contributed by atoms with Crippen LogP contribution in [-0.2, 0) is 6.42 Å². The molecule has 14 heavy (non-hydrogen) atoms. The maximum absolute atomic E-state index is 10.6. The SMILES string of the molecule is O=C(O)c1cc2c(o1)CCC/C2=N\O. The van der Waals surface area contributed by atoms with Crippen LogP contribution in [0.1, 0.15) is 34.7 Å². The normalized spacial score (nSPS) is 18.1. The first-order valence-corrected chi connectivity index (χ1v) is 4.29. The molecule has 0 spiro atoms. The standard InChI is InChI=1S/C9H9NO4/c11-9(12)8-4-5-6(10-13)2-1-3-7(5)14-8/h4,13H,1-3H2,(H,11,12)/b10-6+. The predicted octanol–water partition coefficient (Wildman–Crippen LogP) is 1.49. The minimum Gasteiger partial charge on any atom is -0.475 e. The number of furan rings is 1. The number of rotatable bonds is 1. The molecule has 0 radical (unpaired) electrons. The molecule has 0 saturated carbocycles. The zero-order chi connectivity index (χ0) is 10.1. The number of aromatic carboxylic acids is 1. The topological polar surface area (TPSA) is 83.0 Å². The molecule has 5 nitrogen and oxygen atoms in total. The summed E-state index contributed by atoms with van der Waals surface area (Å²) in [6.07, 6.45) is 2.17. The van der Waals surface area contributed by atoms with Gasteiger partial charge >= 0.3 is 5.97 Å². The van der Waals surface area contributed by atoms with Crippen molar-refractivity contribution in [3.63, 3.8) is 0 Å². The smallest absolute Gasteiger partial charge is 0.371 e. The monoisotopic (exact) mass is 195 g/mol. The van der Waals surface area contributed by atoms with Gasteiger partial charge in [0, 0.05) is 18.1 Å². The third-order valence-corrected chi connectivity index (χ3v) is 2.27. The van der Waals surface area contributed by atoms with Gasteiger partial charge in [0.1, 0.15) is 5.76 Å². The second-order valence-electron chi connectivity index (χ2n) is 3.15. The van der Waals surface area contributed by atoms with Crippen molar-refractivity contribution in [1.29, 1.82) is 0 Å². The Kier molecular flexibility index (Phi) is 1.99. The van der Waals surface area contributed by atoms with Gasteiger partial charge in [0.25, 0.3) is 0 Å². The van der Waals surface area contributed by atoms with Gasteiger partial charge in [-0.25, -0.2) is 4.79 Å². The van der Waals surface area contributed by atoms with Gasteiger partial charge in [-0.05, 0) is 12.8 Å². The van der Waals surface area contributed by atoms with Crippen molar-refractivity contribution in [2.45, 2.75) is 19.3 Å². The first-order chi connectivity index (χ1) is 6.72. The fraction of sp³-hybridized carbons (Fsp3) is 0.333. The van der Waals surface area contributed by atoms with E-state index in [1.807, 2.05) is 0 Å². The van der Waals surface area contributed by atoms with Crippen LogP contribution in [0.3, 0.4) is 0 Å². The summed E-state index contributed by atoms with van der Waals surface area (Å²) in [4.78, 5) is 10.6. The number of hydrogen-bond donors (Lipinski definition) is 2. The molecule has 74 valence electrons. The van der Waals surface area contributed by atoms with Gasteiger partial charge in [-0.1, -0.05) is 5.16 Å². The van der Waals surface area contributed by atoms with E-state index in [1.54, 1.807) is 0 Å². The van der Waals surface area contributed by atoms with Crippen LogP contribution in [0.15, 0.2) is 15.6 Å². The molecule has 2 N–H and O–H groups in total. The molecule has 1 aromatic rings. The molecule has 1 aliphatic carbocycles. The Bertz CT molecular complexity index is 405. The van der Waals surface area contributed by atoms with Crippen LogP contribution in [0.2, 0.25) is 0 Å². The first-order valence-electron chi connectivity index (χ1n) is 4.29. The van der Waals surface area contributed by atoms with Gasteiger partial charge in [-0.15, -0.1) is 0 Å². The summed E-state index contributed by atoms with van der Waals surface area (Å²) in [6, 6.07) is 1.41. The number of carboxylic acid groups (broad SMARTS) is 1. The Morgan fingerprint density at radius 1 is 1.50 bits per heavy atom. The lowest BCUT2D eigenvalue weighted by molar-refractivity contribution is 0.0660. The minimum absolute atomic E-state index is 0.0990. The molecule has 0 amide bonds. The van der Waals surface area contributed by atoms with Crippen LogP contribution in [0.5, 0.6) is 0 Å². The number of hydrogen-bond acceptors (Lipinski definition) is 4. The Hall–Kier alpha value is -1.78. The molecule has 0 atom stereocenters. The van der Waals surface area contributed by atoms with Crippen molar-refractivity contribution in [1.82, 2.24) is 0 Å². The van der Waals surface area contributed by atoms with Gasteiger partial charge in [0.05, 0.1) is 5.71 Å². The molecular formula is C9H9NO4. The summed E-state index contributed by atoms with van der Waals surface area (Å²) >= 11 is 0. The molecule has 2 rings (SSSR count). The number of carboxylic acids is 1. The van der Waals surface area contributed by atoms with E-state index in [2.05, 4.69) is 5.16 Å². The maximum atomic E-state index is 10.6.